The third-order valence-corrected chi connectivity index (χ3v) is 3.68. The van der Waals surface area contributed by atoms with Gasteiger partial charge in [0.1, 0.15) is 0 Å². The van der Waals surface area contributed by atoms with Crippen LogP contribution in [0.4, 0.5) is 0 Å². The molecular weight excluding hydrogens is 304 g/mol. The van der Waals surface area contributed by atoms with E-state index in [1.165, 1.54) is 6.21 Å². The maximum Gasteiger partial charge on any atom is 0.344 e. The highest BCUT2D eigenvalue weighted by atomic mass is 16.4. The molecule has 1 N–H and O–H groups in total. The van der Waals surface area contributed by atoms with Crippen LogP contribution in [0.25, 0.3) is 10.8 Å². The van der Waals surface area contributed by atoms with Crippen LogP contribution >= 0.6 is 0 Å². The van der Waals surface area contributed by atoms with Crippen molar-refractivity contribution in [3.63, 3.8) is 0 Å². The van der Waals surface area contributed by atoms with Gasteiger partial charge in [0.05, 0.1) is 11.6 Å². The zero-order valence-corrected chi connectivity index (χ0v) is 13.2. The van der Waals surface area contributed by atoms with Crippen LogP contribution in [0.5, 0.6) is 0 Å². The normalized spacial score (nSPS) is 11.0. The standard InChI is InChI=1S/C19H16N2O3/c1-2-14-15-10-6-7-11-16(15)19(23)24-17(14)18(22)21-20-12-13-8-4-3-5-9-13/h3-12H,2H2,1H3,(H,21,22). The van der Waals surface area contributed by atoms with Gasteiger partial charge in [-0.2, -0.15) is 5.10 Å². The molecule has 2 aromatic carbocycles. The molecule has 0 unspecified atom stereocenters. The van der Waals surface area contributed by atoms with Gasteiger partial charge in [-0.3, -0.25) is 4.79 Å². The van der Waals surface area contributed by atoms with Crippen molar-refractivity contribution >= 4 is 22.9 Å². The molecule has 1 amide bonds. The third-order valence-electron chi connectivity index (χ3n) is 3.68. The summed E-state index contributed by atoms with van der Waals surface area (Å²) in [5.74, 6) is -0.534. The number of rotatable bonds is 4. The molecule has 24 heavy (non-hydrogen) atoms. The highest BCUT2D eigenvalue weighted by molar-refractivity contribution is 5.98. The lowest BCUT2D eigenvalue weighted by atomic mass is 10.0. The fourth-order valence-corrected chi connectivity index (χ4v) is 2.55. The summed E-state index contributed by atoms with van der Waals surface area (Å²) in [5, 5.41) is 5.12. The van der Waals surface area contributed by atoms with E-state index in [2.05, 4.69) is 10.5 Å². The Balaban J connectivity index is 1.92. The second kappa shape index (κ2) is 6.91. The second-order valence-electron chi connectivity index (χ2n) is 5.21. The summed E-state index contributed by atoms with van der Waals surface area (Å²) in [5.41, 5.74) is 3.43. The van der Waals surface area contributed by atoms with Gasteiger partial charge in [-0.25, -0.2) is 10.2 Å². The van der Waals surface area contributed by atoms with E-state index in [0.29, 0.717) is 17.4 Å². The van der Waals surface area contributed by atoms with E-state index in [-0.39, 0.29) is 5.76 Å². The summed E-state index contributed by atoms with van der Waals surface area (Å²) in [6.07, 6.45) is 2.10. The number of hydrogen-bond acceptors (Lipinski definition) is 4. The van der Waals surface area contributed by atoms with Crippen LogP contribution in [0, 0.1) is 0 Å². The van der Waals surface area contributed by atoms with Crippen molar-refractivity contribution in [2.75, 3.05) is 0 Å². The van der Waals surface area contributed by atoms with Crippen molar-refractivity contribution in [3.8, 4) is 0 Å². The molecular formula is C19H16N2O3. The fourth-order valence-electron chi connectivity index (χ4n) is 2.55. The van der Waals surface area contributed by atoms with E-state index < -0.39 is 11.5 Å². The van der Waals surface area contributed by atoms with Crippen LogP contribution in [0.2, 0.25) is 0 Å². The number of aryl methyl sites for hydroxylation is 1. The molecule has 0 aliphatic rings. The number of amides is 1. The molecule has 0 bridgehead atoms. The van der Waals surface area contributed by atoms with Gasteiger partial charge in [-0.05, 0) is 23.4 Å². The Kier molecular flexibility index (Phi) is 4.52. The van der Waals surface area contributed by atoms with Gasteiger partial charge in [-0.1, -0.05) is 55.5 Å². The van der Waals surface area contributed by atoms with E-state index in [1.807, 2.05) is 49.4 Å². The minimum Gasteiger partial charge on any atom is -0.417 e. The molecule has 0 radical (unpaired) electrons. The molecule has 3 aromatic rings. The SMILES string of the molecule is CCc1c(C(=O)NN=Cc2ccccc2)oc(=O)c2ccccc12. The molecule has 1 aromatic heterocycles. The topological polar surface area (TPSA) is 71.7 Å². The largest absolute Gasteiger partial charge is 0.417 e. The maximum atomic E-state index is 12.4. The van der Waals surface area contributed by atoms with Crippen LogP contribution in [-0.2, 0) is 6.42 Å². The minimum absolute atomic E-state index is 0.00594. The smallest absolute Gasteiger partial charge is 0.344 e. The number of carbonyl (C=O) groups excluding carboxylic acids is 1. The molecule has 0 saturated carbocycles. The summed E-state index contributed by atoms with van der Waals surface area (Å²) < 4.78 is 5.24. The summed E-state index contributed by atoms with van der Waals surface area (Å²) in [7, 11) is 0. The second-order valence-corrected chi connectivity index (χ2v) is 5.21. The molecule has 5 heteroatoms. The molecule has 0 aliphatic carbocycles. The van der Waals surface area contributed by atoms with Gasteiger partial charge >= 0.3 is 11.5 Å². The lowest BCUT2D eigenvalue weighted by Gasteiger charge is -2.08. The first-order chi connectivity index (χ1) is 11.7. The lowest BCUT2D eigenvalue weighted by molar-refractivity contribution is 0.0922. The third kappa shape index (κ3) is 3.10. The van der Waals surface area contributed by atoms with Gasteiger partial charge in [0.25, 0.3) is 0 Å². The summed E-state index contributed by atoms with van der Waals surface area (Å²) in [6.45, 7) is 1.91. The predicted molar refractivity (Wildman–Crippen MR) is 93.4 cm³/mol. The Morgan fingerprint density at radius 3 is 2.46 bits per heavy atom. The van der Waals surface area contributed by atoms with Crippen molar-refractivity contribution in [2.45, 2.75) is 13.3 Å². The minimum atomic E-state index is -0.540. The first-order valence-corrected chi connectivity index (χ1v) is 7.64. The van der Waals surface area contributed by atoms with Crippen molar-refractivity contribution in [1.29, 1.82) is 0 Å². The Labute approximate surface area is 138 Å². The number of hydrogen-bond donors (Lipinski definition) is 1. The van der Waals surface area contributed by atoms with Crippen molar-refractivity contribution in [3.05, 3.63) is 81.9 Å². The molecule has 0 atom stereocenters. The molecule has 5 nitrogen and oxygen atoms in total. The van der Waals surface area contributed by atoms with E-state index in [1.54, 1.807) is 12.1 Å². The summed E-state index contributed by atoms with van der Waals surface area (Å²) in [6, 6.07) is 16.5. The Hall–Kier alpha value is -3.21. The highest BCUT2D eigenvalue weighted by Crippen LogP contribution is 2.20. The Morgan fingerprint density at radius 1 is 1.08 bits per heavy atom. The zero-order chi connectivity index (χ0) is 16.9. The van der Waals surface area contributed by atoms with Gasteiger partial charge in [-0.15, -0.1) is 0 Å². The number of nitrogens with one attached hydrogen (secondary N) is 1. The lowest BCUT2D eigenvalue weighted by Crippen LogP contribution is -2.21. The average molecular weight is 320 g/mol. The molecule has 1 heterocycles. The molecule has 0 aliphatic heterocycles. The van der Waals surface area contributed by atoms with Gasteiger partial charge in [0.2, 0.25) is 5.76 Å². The number of fused-ring (bicyclic) bond motifs is 1. The van der Waals surface area contributed by atoms with Gasteiger partial charge in [0, 0.05) is 5.56 Å². The summed E-state index contributed by atoms with van der Waals surface area (Å²) in [4.78, 5) is 24.4. The van der Waals surface area contributed by atoms with Crippen LogP contribution in [0.15, 0.2) is 68.9 Å². The predicted octanol–water partition coefficient (Wildman–Crippen LogP) is 3.12. The highest BCUT2D eigenvalue weighted by Gasteiger charge is 2.18. The fraction of sp³-hybridized carbons (Fsp3) is 0.105. The van der Waals surface area contributed by atoms with Crippen molar-refractivity contribution in [2.24, 2.45) is 5.10 Å². The number of carbonyl (C=O) groups is 1. The number of benzene rings is 2. The Bertz CT molecular complexity index is 959. The quantitative estimate of drug-likeness (QED) is 0.593. The first-order valence-electron chi connectivity index (χ1n) is 7.64. The van der Waals surface area contributed by atoms with Crippen LogP contribution in [0.3, 0.4) is 0 Å². The van der Waals surface area contributed by atoms with E-state index in [9.17, 15) is 9.59 Å². The van der Waals surface area contributed by atoms with E-state index in [0.717, 1.165) is 10.9 Å². The first kappa shape index (κ1) is 15.7. The van der Waals surface area contributed by atoms with Crippen LogP contribution < -0.4 is 11.1 Å². The maximum absolute atomic E-state index is 12.4. The molecule has 0 saturated heterocycles. The molecule has 120 valence electrons. The van der Waals surface area contributed by atoms with Crippen LogP contribution in [-0.4, -0.2) is 12.1 Å². The Morgan fingerprint density at radius 2 is 1.75 bits per heavy atom. The average Bonchev–Trinajstić information content (AvgIpc) is 2.62. The molecule has 0 spiro atoms. The van der Waals surface area contributed by atoms with E-state index in [4.69, 9.17) is 4.42 Å². The summed E-state index contributed by atoms with van der Waals surface area (Å²) >= 11 is 0. The monoisotopic (exact) mass is 320 g/mol. The van der Waals surface area contributed by atoms with Gasteiger partial charge < -0.3 is 4.42 Å². The van der Waals surface area contributed by atoms with Crippen molar-refractivity contribution in [1.82, 2.24) is 5.43 Å². The molecule has 3 rings (SSSR count). The van der Waals surface area contributed by atoms with E-state index >= 15 is 0 Å². The number of hydrazone groups is 1. The van der Waals surface area contributed by atoms with Crippen molar-refractivity contribution < 1.29 is 9.21 Å². The van der Waals surface area contributed by atoms with Crippen LogP contribution in [0.1, 0.15) is 28.6 Å². The van der Waals surface area contributed by atoms with Gasteiger partial charge in [0.15, 0.2) is 0 Å². The molecule has 0 fully saturated rings. The number of nitrogens with zero attached hydrogens (tertiary/aromatic N) is 1. The zero-order valence-electron chi connectivity index (χ0n) is 13.2.